The maximum Gasteiger partial charge on any atom is 0.336 e. The van der Waals surface area contributed by atoms with Crippen LogP contribution in [-0.2, 0) is 14.3 Å². The quantitative estimate of drug-likeness (QED) is 0.701. The first-order valence-electron chi connectivity index (χ1n) is 5.85. The highest BCUT2D eigenvalue weighted by Gasteiger charge is 2.24. The Labute approximate surface area is 90.3 Å². The Morgan fingerprint density at radius 1 is 1.40 bits per heavy atom. The maximum absolute atomic E-state index is 11.6. The molecule has 86 valence electrons. The van der Waals surface area contributed by atoms with E-state index in [2.05, 4.69) is 5.32 Å². The third-order valence-electron chi connectivity index (χ3n) is 3.13. The molecule has 2 aliphatic rings. The molecule has 0 spiro atoms. The highest BCUT2D eigenvalue weighted by molar-refractivity contribution is 5.75. The molecule has 0 radical (unpaired) electrons. The number of ether oxygens (including phenoxy) is 2. The number of nitrogens with one attached hydrogen (secondary N) is 1. The van der Waals surface area contributed by atoms with E-state index in [0.717, 1.165) is 6.54 Å². The van der Waals surface area contributed by atoms with Crippen LogP contribution in [0.1, 0.15) is 25.7 Å². The summed E-state index contributed by atoms with van der Waals surface area (Å²) in [5, 5.41) is 3.12. The zero-order valence-electron chi connectivity index (χ0n) is 9.04. The van der Waals surface area contributed by atoms with E-state index in [4.69, 9.17) is 9.47 Å². The Balaban J connectivity index is 1.66. The largest absolute Gasteiger partial charge is 0.463 e. The van der Waals surface area contributed by atoms with Crippen LogP contribution in [0.3, 0.4) is 0 Å². The van der Waals surface area contributed by atoms with Crippen molar-refractivity contribution in [2.45, 2.75) is 31.8 Å². The first-order chi connectivity index (χ1) is 7.36. The first-order valence-corrected chi connectivity index (χ1v) is 5.85. The van der Waals surface area contributed by atoms with Crippen molar-refractivity contribution >= 4 is 5.97 Å². The molecule has 1 aliphatic carbocycles. The number of esters is 1. The Morgan fingerprint density at radius 2 is 2.20 bits per heavy atom. The van der Waals surface area contributed by atoms with Gasteiger partial charge in [0.1, 0.15) is 0 Å². The molecule has 0 aromatic carbocycles. The normalized spacial score (nSPS) is 27.9. The first kappa shape index (κ1) is 10.9. The van der Waals surface area contributed by atoms with Gasteiger partial charge in [-0.05, 0) is 18.8 Å². The minimum absolute atomic E-state index is 0.200. The van der Waals surface area contributed by atoms with Crippen LogP contribution in [0.5, 0.6) is 0 Å². The van der Waals surface area contributed by atoms with Crippen molar-refractivity contribution in [2.75, 3.05) is 26.3 Å². The second-order valence-corrected chi connectivity index (χ2v) is 4.34. The van der Waals surface area contributed by atoms with Gasteiger partial charge in [0.15, 0.2) is 6.10 Å². The number of rotatable bonds is 3. The predicted molar refractivity (Wildman–Crippen MR) is 55.5 cm³/mol. The molecule has 0 aromatic heterocycles. The standard InChI is InChI=1S/C11H19NO3/c13-11(10-7-12-5-6-14-10)15-8-9-3-1-2-4-9/h9-10,12H,1-8H2. The van der Waals surface area contributed by atoms with Crippen LogP contribution in [0.25, 0.3) is 0 Å². The molecule has 0 amide bonds. The number of carbonyl (C=O) groups is 1. The second kappa shape index (κ2) is 5.47. The van der Waals surface area contributed by atoms with Crippen molar-refractivity contribution in [1.82, 2.24) is 5.32 Å². The van der Waals surface area contributed by atoms with Crippen LogP contribution in [-0.4, -0.2) is 38.4 Å². The van der Waals surface area contributed by atoms with Gasteiger partial charge in [-0.1, -0.05) is 12.8 Å². The third-order valence-corrected chi connectivity index (χ3v) is 3.13. The highest BCUT2D eigenvalue weighted by atomic mass is 16.6. The summed E-state index contributed by atoms with van der Waals surface area (Å²) in [6.07, 6.45) is 4.58. The van der Waals surface area contributed by atoms with Gasteiger partial charge in [0, 0.05) is 13.1 Å². The van der Waals surface area contributed by atoms with E-state index >= 15 is 0 Å². The van der Waals surface area contributed by atoms with Crippen LogP contribution in [0.4, 0.5) is 0 Å². The van der Waals surface area contributed by atoms with E-state index in [0.29, 0.717) is 25.7 Å². The van der Waals surface area contributed by atoms with Gasteiger partial charge in [-0.25, -0.2) is 4.79 Å². The van der Waals surface area contributed by atoms with Crippen LogP contribution in [0, 0.1) is 5.92 Å². The van der Waals surface area contributed by atoms with Crippen molar-refractivity contribution < 1.29 is 14.3 Å². The van der Waals surface area contributed by atoms with Crippen LogP contribution in [0.15, 0.2) is 0 Å². The molecule has 1 heterocycles. The second-order valence-electron chi connectivity index (χ2n) is 4.34. The number of hydrogen-bond donors (Lipinski definition) is 1. The van der Waals surface area contributed by atoms with Crippen molar-refractivity contribution in [3.05, 3.63) is 0 Å². The summed E-state index contributed by atoms with van der Waals surface area (Å²) in [5.74, 6) is 0.389. The zero-order valence-corrected chi connectivity index (χ0v) is 9.04. The van der Waals surface area contributed by atoms with Gasteiger partial charge in [-0.15, -0.1) is 0 Å². The Kier molecular flexibility index (Phi) is 3.97. The molecule has 1 saturated heterocycles. The number of hydrogen-bond acceptors (Lipinski definition) is 4. The molecule has 1 N–H and O–H groups in total. The van der Waals surface area contributed by atoms with Gasteiger partial charge in [-0.2, -0.15) is 0 Å². The fraction of sp³-hybridized carbons (Fsp3) is 0.909. The summed E-state index contributed by atoms with van der Waals surface area (Å²) in [5.41, 5.74) is 0. The van der Waals surface area contributed by atoms with Gasteiger partial charge in [-0.3, -0.25) is 0 Å². The predicted octanol–water partition coefficient (Wildman–Crippen LogP) is 0.708. The molecule has 1 aliphatic heterocycles. The minimum Gasteiger partial charge on any atom is -0.463 e. The van der Waals surface area contributed by atoms with E-state index in [1.54, 1.807) is 0 Å². The molecule has 0 bridgehead atoms. The highest BCUT2D eigenvalue weighted by Crippen LogP contribution is 2.24. The minimum atomic E-state index is -0.389. The van der Waals surface area contributed by atoms with E-state index in [1.807, 2.05) is 0 Å². The molecule has 2 fully saturated rings. The lowest BCUT2D eigenvalue weighted by Gasteiger charge is -2.22. The average molecular weight is 213 g/mol. The molecule has 4 nitrogen and oxygen atoms in total. The summed E-state index contributed by atoms with van der Waals surface area (Å²) in [4.78, 5) is 11.6. The zero-order chi connectivity index (χ0) is 10.5. The topological polar surface area (TPSA) is 47.6 Å². The Hall–Kier alpha value is -0.610. The molecule has 0 aromatic rings. The third kappa shape index (κ3) is 3.18. The van der Waals surface area contributed by atoms with Gasteiger partial charge >= 0.3 is 5.97 Å². The smallest absolute Gasteiger partial charge is 0.336 e. The van der Waals surface area contributed by atoms with E-state index in [9.17, 15) is 4.79 Å². The van der Waals surface area contributed by atoms with Crippen molar-refractivity contribution in [1.29, 1.82) is 0 Å². The summed E-state index contributed by atoms with van der Waals surface area (Å²) in [6, 6.07) is 0. The molecular weight excluding hydrogens is 194 g/mol. The van der Waals surface area contributed by atoms with Gasteiger partial charge in [0.25, 0.3) is 0 Å². The Bertz CT molecular complexity index is 208. The molecule has 4 heteroatoms. The van der Waals surface area contributed by atoms with E-state index in [-0.39, 0.29) is 12.1 Å². The van der Waals surface area contributed by atoms with Gasteiger partial charge < -0.3 is 14.8 Å². The maximum atomic E-state index is 11.6. The number of carbonyl (C=O) groups excluding carboxylic acids is 1. The summed E-state index contributed by atoms with van der Waals surface area (Å²) in [6.45, 7) is 2.60. The molecule has 15 heavy (non-hydrogen) atoms. The van der Waals surface area contributed by atoms with Gasteiger partial charge in [0.2, 0.25) is 0 Å². The monoisotopic (exact) mass is 213 g/mol. The fourth-order valence-electron chi connectivity index (χ4n) is 2.19. The number of morpholine rings is 1. The lowest BCUT2D eigenvalue weighted by atomic mass is 10.1. The molecule has 1 unspecified atom stereocenters. The van der Waals surface area contributed by atoms with E-state index < -0.39 is 0 Å². The SMILES string of the molecule is O=C(OCC1CCCC1)C1CNCCO1. The van der Waals surface area contributed by atoms with Crippen LogP contribution >= 0.6 is 0 Å². The van der Waals surface area contributed by atoms with Crippen molar-refractivity contribution in [3.8, 4) is 0 Å². The van der Waals surface area contributed by atoms with Crippen molar-refractivity contribution in [3.63, 3.8) is 0 Å². The lowest BCUT2D eigenvalue weighted by molar-refractivity contribution is -0.160. The fourth-order valence-corrected chi connectivity index (χ4v) is 2.19. The average Bonchev–Trinajstić information content (AvgIpc) is 2.80. The summed E-state index contributed by atoms with van der Waals surface area (Å²) >= 11 is 0. The molecule has 1 saturated carbocycles. The Morgan fingerprint density at radius 3 is 2.87 bits per heavy atom. The summed E-state index contributed by atoms with van der Waals surface area (Å²) < 4.78 is 10.6. The summed E-state index contributed by atoms with van der Waals surface area (Å²) in [7, 11) is 0. The lowest BCUT2D eigenvalue weighted by Crippen LogP contribution is -2.44. The van der Waals surface area contributed by atoms with E-state index in [1.165, 1.54) is 25.7 Å². The molecular formula is C11H19NO3. The van der Waals surface area contributed by atoms with Gasteiger partial charge in [0.05, 0.1) is 13.2 Å². The van der Waals surface area contributed by atoms with Crippen LogP contribution in [0.2, 0.25) is 0 Å². The van der Waals surface area contributed by atoms with Crippen LogP contribution < -0.4 is 5.32 Å². The van der Waals surface area contributed by atoms with Crippen molar-refractivity contribution in [2.24, 2.45) is 5.92 Å². The molecule has 2 rings (SSSR count). The molecule has 1 atom stereocenters.